The number of amides is 1. The lowest BCUT2D eigenvalue weighted by molar-refractivity contribution is -0.275. The molecule has 0 saturated carbocycles. The number of benzene rings is 1. The Kier molecular flexibility index (Phi) is 6.59. The number of fused-ring (bicyclic) bond motifs is 1. The zero-order chi connectivity index (χ0) is 24.0. The van der Waals surface area contributed by atoms with E-state index in [4.69, 9.17) is 28.0 Å². The highest BCUT2D eigenvalue weighted by atomic mass is 35.5. The summed E-state index contributed by atoms with van der Waals surface area (Å²) < 4.78 is 42.5. The summed E-state index contributed by atoms with van der Waals surface area (Å²) in [7, 11) is 0. The zero-order valence-corrected chi connectivity index (χ0v) is 20.3. The normalized spacial score (nSPS) is 20.9. The maximum absolute atomic E-state index is 14.2. The molecule has 4 rings (SSSR count). The van der Waals surface area contributed by atoms with Gasteiger partial charge in [-0.05, 0) is 35.7 Å². The molecule has 0 radical (unpaired) electrons. The topological polar surface area (TPSA) is 53.9 Å². The summed E-state index contributed by atoms with van der Waals surface area (Å²) in [6, 6.07) is 5.56. The van der Waals surface area contributed by atoms with E-state index in [9.17, 15) is 18.0 Å². The zero-order valence-electron chi connectivity index (χ0n) is 17.9. The summed E-state index contributed by atoms with van der Waals surface area (Å²) in [5, 5.41) is 6.91. The van der Waals surface area contributed by atoms with Crippen molar-refractivity contribution in [2.75, 3.05) is 6.54 Å². The lowest BCUT2D eigenvalue weighted by atomic mass is 9.89. The van der Waals surface area contributed by atoms with Gasteiger partial charge in [0.15, 0.2) is 0 Å². The molecule has 0 saturated heterocycles. The molecule has 1 amide bonds. The fraction of sp³-hybridized carbons (Fsp3) is 0.455. The number of nitrogens with one attached hydrogen (secondary N) is 1. The van der Waals surface area contributed by atoms with Gasteiger partial charge < -0.3 is 15.1 Å². The number of hydrogen-bond acceptors (Lipinski definition) is 5. The van der Waals surface area contributed by atoms with Crippen molar-refractivity contribution >= 4 is 46.3 Å². The van der Waals surface area contributed by atoms with Gasteiger partial charge in [-0.25, -0.2) is 0 Å². The molecule has 0 spiro atoms. The average molecular weight is 520 g/mol. The molecule has 1 N–H and O–H groups in total. The first-order valence-electron chi connectivity index (χ1n) is 10.5. The molecule has 2 aliphatic rings. The van der Waals surface area contributed by atoms with Crippen LogP contribution in [0, 0.1) is 5.92 Å². The van der Waals surface area contributed by atoms with Crippen LogP contribution in [0.1, 0.15) is 52.4 Å². The Hall–Kier alpha value is -1.97. The Morgan fingerprint density at radius 2 is 1.97 bits per heavy atom. The minimum atomic E-state index is -4.74. The molecular formula is C22H22Cl2F3N3O2S. The van der Waals surface area contributed by atoms with Gasteiger partial charge in [0.2, 0.25) is 0 Å². The van der Waals surface area contributed by atoms with E-state index in [1.807, 2.05) is 0 Å². The molecule has 3 heterocycles. The van der Waals surface area contributed by atoms with Crippen molar-refractivity contribution in [3.8, 4) is 0 Å². The van der Waals surface area contributed by atoms with Crippen molar-refractivity contribution in [1.29, 1.82) is 0 Å². The van der Waals surface area contributed by atoms with Gasteiger partial charge in [-0.3, -0.25) is 4.79 Å². The Morgan fingerprint density at radius 3 is 2.58 bits per heavy atom. The molecule has 11 heteroatoms. The molecule has 33 heavy (non-hydrogen) atoms. The molecule has 0 bridgehead atoms. The second-order valence-corrected chi connectivity index (χ2v) is 10.4. The van der Waals surface area contributed by atoms with Gasteiger partial charge in [0, 0.05) is 33.6 Å². The second-order valence-electron chi connectivity index (χ2n) is 8.40. The van der Waals surface area contributed by atoms with Gasteiger partial charge in [0.25, 0.3) is 11.5 Å². The molecule has 1 aromatic heterocycles. The minimum absolute atomic E-state index is 0.0839. The molecule has 2 aliphatic heterocycles. The molecular weight excluding hydrogens is 498 g/mol. The first-order valence-corrected chi connectivity index (χ1v) is 12.0. The quantitative estimate of drug-likeness (QED) is 0.501. The first-order chi connectivity index (χ1) is 15.5. The van der Waals surface area contributed by atoms with Crippen LogP contribution in [0.15, 0.2) is 29.4 Å². The SMILES string of the molecule is CCC(C)CNC(=O)c1cc2c(s1)CN(C1=NOC(c3cc(Cl)cc(Cl)c3)(C(F)(F)F)C1)C2. The smallest absolute Gasteiger partial charge is 0.372 e. The standard InChI is InChI=1S/C22H22Cl2F3N3O2S/c1-3-12(2)9-28-20(31)17-4-13-10-30(11-18(13)33-17)19-8-21(32-29-19,22(25,26)27)14-5-15(23)7-16(24)6-14/h4-7,12H,3,8-11H2,1-2H3,(H,28,31). The number of nitrogens with zero attached hydrogens (tertiary/aromatic N) is 2. The first kappa shape index (κ1) is 24.2. The van der Waals surface area contributed by atoms with Gasteiger partial charge in [-0.15, -0.1) is 11.3 Å². The number of oxime groups is 1. The lowest BCUT2D eigenvalue weighted by Gasteiger charge is -2.30. The van der Waals surface area contributed by atoms with Gasteiger partial charge >= 0.3 is 6.18 Å². The third-order valence-corrected chi connectivity index (χ3v) is 7.59. The second kappa shape index (κ2) is 9.00. The Labute approximate surface area is 203 Å². The van der Waals surface area contributed by atoms with Gasteiger partial charge in [0.05, 0.1) is 17.8 Å². The number of rotatable bonds is 5. The van der Waals surface area contributed by atoms with E-state index in [1.165, 1.54) is 29.5 Å². The molecule has 1 aromatic carbocycles. The fourth-order valence-corrected chi connectivity index (χ4v) is 5.44. The molecule has 2 aromatic rings. The molecule has 0 aliphatic carbocycles. The number of hydrogen-bond donors (Lipinski definition) is 1. The summed E-state index contributed by atoms with van der Waals surface area (Å²) in [5.41, 5.74) is -1.94. The largest absolute Gasteiger partial charge is 0.435 e. The summed E-state index contributed by atoms with van der Waals surface area (Å²) in [6.07, 6.45) is -4.26. The van der Waals surface area contributed by atoms with E-state index in [0.29, 0.717) is 30.4 Å². The van der Waals surface area contributed by atoms with E-state index >= 15 is 0 Å². The van der Waals surface area contributed by atoms with Crippen molar-refractivity contribution in [3.05, 3.63) is 55.2 Å². The summed E-state index contributed by atoms with van der Waals surface area (Å²) in [5.74, 6) is 0.450. The van der Waals surface area contributed by atoms with Crippen LogP contribution in [0.4, 0.5) is 13.2 Å². The molecule has 178 valence electrons. The predicted molar refractivity (Wildman–Crippen MR) is 123 cm³/mol. The lowest BCUT2D eigenvalue weighted by Crippen LogP contribution is -2.43. The number of carbonyl (C=O) groups is 1. The Morgan fingerprint density at radius 1 is 1.27 bits per heavy atom. The molecule has 2 unspecified atom stereocenters. The highest BCUT2D eigenvalue weighted by Crippen LogP contribution is 2.50. The van der Waals surface area contributed by atoms with E-state index in [0.717, 1.165) is 16.9 Å². The van der Waals surface area contributed by atoms with Crippen LogP contribution < -0.4 is 5.32 Å². The van der Waals surface area contributed by atoms with Crippen LogP contribution in [-0.4, -0.2) is 29.4 Å². The summed E-state index contributed by atoms with van der Waals surface area (Å²) >= 11 is 13.3. The van der Waals surface area contributed by atoms with Crippen molar-refractivity contribution in [2.45, 2.75) is 51.6 Å². The van der Waals surface area contributed by atoms with E-state index < -0.39 is 18.2 Å². The fourth-order valence-electron chi connectivity index (χ4n) is 3.81. The van der Waals surface area contributed by atoms with Crippen LogP contribution in [0.3, 0.4) is 0 Å². The van der Waals surface area contributed by atoms with Crippen LogP contribution in [0.25, 0.3) is 0 Å². The van der Waals surface area contributed by atoms with Gasteiger partial charge in [-0.1, -0.05) is 48.6 Å². The molecule has 0 fully saturated rings. The van der Waals surface area contributed by atoms with E-state index in [-0.39, 0.29) is 27.4 Å². The van der Waals surface area contributed by atoms with Crippen LogP contribution in [-0.2, 0) is 23.5 Å². The van der Waals surface area contributed by atoms with Gasteiger partial charge in [-0.2, -0.15) is 13.2 Å². The Balaban J connectivity index is 1.48. The number of amidine groups is 1. The number of thiophene rings is 1. The maximum Gasteiger partial charge on any atom is 0.435 e. The Bertz CT molecular complexity index is 1060. The highest BCUT2D eigenvalue weighted by Gasteiger charge is 2.63. The third kappa shape index (κ3) is 4.68. The predicted octanol–water partition coefficient (Wildman–Crippen LogP) is 6.34. The summed E-state index contributed by atoms with van der Waals surface area (Å²) in [4.78, 5) is 20.8. The van der Waals surface area contributed by atoms with Crippen molar-refractivity contribution in [2.24, 2.45) is 11.1 Å². The molecule has 2 atom stereocenters. The monoisotopic (exact) mass is 519 g/mol. The maximum atomic E-state index is 14.2. The number of alkyl halides is 3. The van der Waals surface area contributed by atoms with E-state index in [1.54, 1.807) is 11.0 Å². The highest BCUT2D eigenvalue weighted by molar-refractivity contribution is 7.14. The van der Waals surface area contributed by atoms with Crippen molar-refractivity contribution in [3.63, 3.8) is 0 Å². The number of carbonyl (C=O) groups excluding carboxylic acids is 1. The third-order valence-electron chi connectivity index (χ3n) is 5.99. The summed E-state index contributed by atoms with van der Waals surface area (Å²) in [6.45, 7) is 5.46. The van der Waals surface area contributed by atoms with Crippen LogP contribution in [0.2, 0.25) is 10.0 Å². The van der Waals surface area contributed by atoms with Crippen molar-refractivity contribution < 1.29 is 22.8 Å². The van der Waals surface area contributed by atoms with E-state index in [2.05, 4.69) is 24.3 Å². The van der Waals surface area contributed by atoms with Crippen LogP contribution >= 0.6 is 34.5 Å². The van der Waals surface area contributed by atoms with Crippen molar-refractivity contribution in [1.82, 2.24) is 10.2 Å². The minimum Gasteiger partial charge on any atom is -0.372 e. The van der Waals surface area contributed by atoms with Crippen LogP contribution in [0.5, 0.6) is 0 Å². The number of halogens is 5. The average Bonchev–Trinajstić information content (AvgIpc) is 3.43. The van der Waals surface area contributed by atoms with Gasteiger partial charge in [0.1, 0.15) is 5.84 Å². The molecule has 5 nitrogen and oxygen atoms in total.